The van der Waals surface area contributed by atoms with E-state index in [1.54, 1.807) is 48.5 Å². The van der Waals surface area contributed by atoms with Gasteiger partial charge >= 0.3 is 6.03 Å². The lowest BCUT2D eigenvalue weighted by molar-refractivity contribution is -0.124. The van der Waals surface area contributed by atoms with E-state index in [2.05, 4.69) is 26.6 Å². The Morgan fingerprint density at radius 3 is 2.32 bits per heavy atom. The third kappa shape index (κ3) is 9.55. The van der Waals surface area contributed by atoms with Crippen LogP contribution < -0.4 is 32.3 Å². The van der Waals surface area contributed by atoms with Gasteiger partial charge < -0.3 is 32.3 Å². The normalized spacial score (nSPS) is 19.3. The molecule has 0 radical (unpaired) electrons. The van der Waals surface area contributed by atoms with Crippen LogP contribution in [0, 0.1) is 0 Å². The zero-order valence-electron chi connectivity index (χ0n) is 24.8. The number of benzene rings is 2. The Kier molecular flexibility index (Phi) is 12.6. The summed E-state index contributed by atoms with van der Waals surface area (Å²) in [5.41, 5.74) is 6.99. The summed E-state index contributed by atoms with van der Waals surface area (Å²) in [6.45, 7) is 1.00. The Balaban J connectivity index is 1.16. The van der Waals surface area contributed by atoms with Crippen LogP contribution in [0.25, 0.3) is 0 Å². The summed E-state index contributed by atoms with van der Waals surface area (Å²) in [5.74, 6) is -0.0382. The van der Waals surface area contributed by atoms with Gasteiger partial charge in [-0.25, -0.2) is 4.79 Å². The molecule has 4 rings (SSSR count). The van der Waals surface area contributed by atoms with Gasteiger partial charge in [-0.05, 0) is 50.8 Å². The molecule has 5 amide bonds. The molecule has 44 heavy (non-hydrogen) atoms. The Morgan fingerprint density at radius 2 is 1.57 bits per heavy atom. The van der Waals surface area contributed by atoms with Crippen molar-refractivity contribution in [2.45, 2.75) is 68.3 Å². The fraction of sp³-hybridized carbons (Fsp3) is 0.469. The molecule has 0 aromatic heterocycles. The van der Waals surface area contributed by atoms with E-state index >= 15 is 0 Å². The third-order valence-corrected chi connectivity index (χ3v) is 9.35. The number of fused-ring (bicyclic) bond motifs is 1. The highest BCUT2D eigenvalue weighted by Crippen LogP contribution is 2.33. The molecule has 0 bridgehead atoms. The first kappa shape index (κ1) is 33.0. The van der Waals surface area contributed by atoms with E-state index < -0.39 is 11.9 Å². The first-order valence-corrected chi connectivity index (χ1v) is 16.3. The van der Waals surface area contributed by atoms with Crippen LogP contribution in [0.1, 0.15) is 71.2 Å². The minimum Gasteiger partial charge on any atom is -0.354 e. The van der Waals surface area contributed by atoms with Gasteiger partial charge in [-0.1, -0.05) is 48.9 Å². The highest BCUT2D eigenvalue weighted by molar-refractivity contribution is 8.00. The average molecular weight is 623 g/mol. The minimum absolute atomic E-state index is 0.0750. The van der Waals surface area contributed by atoms with Crippen LogP contribution in [-0.4, -0.2) is 78.3 Å². The predicted molar refractivity (Wildman–Crippen MR) is 170 cm³/mol. The van der Waals surface area contributed by atoms with Crippen molar-refractivity contribution in [3.05, 3.63) is 71.3 Å². The second kappa shape index (κ2) is 16.8. The fourth-order valence-corrected chi connectivity index (χ4v) is 6.95. The molecule has 236 valence electrons. The number of nitrogens with one attached hydrogen (secondary N) is 5. The van der Waals surface area contributed by atoms with Crippen molar-refractivity contribution in [1.82, 2.24) is 26.6 Å². The van der Waals surface area contributed by atoms with Crippen molar-refractivity contribution in [1.29, 1.82) is 0 Å². The van der Waals surface area contributed by atoms with Crippen molar-refractivity contribution in [2.24, 2.45) is 5.73 Å². The van der Waals surface area contributed by atoms with Crippen molar-refractivity contribution in [3.8, 4) is 0 Å². The molecule has 0 aliphatic carbocycles. The molecule has 4 unspecified atom stereocenters. The molecule has 2 aromatic carbocycles. The van der Waals surface area contributed by atoms with Crippen LogP contribution in [-0.2, 0) is 9.59 Å². The lowest BCUT2D eigenvalue weighted by Gasteiger charge is -2.19. The van der Waals surface area contributed by atoms with Crippen LogP contribution >= 0.6 is 11.8 Å². The Bertz CT molecular complexity index is 1290. The van der Waals surface area contributed by atoms with E-state index in [4.69, 9.17) is 5.73 Å². The Labute approximate surface area is 262 Å². The molecule has 11 nitrogen and oxygen atoms in total. The van der Waals surface area contributed by atoms with Crippen LogP contribution in [0.4, 0.5) is 4.79 Å². The van der Waals surface area contributed by atoms with Gasteiger partial charge in [-0.2, -0.15) is 11.8 Å². The number of rotatable bonds is 17. The van der Waals surface area contributed by atoms with Crippen molar-refractivity contribution < 1.29 is 24.0 Å². The van der Waals surface area contributed by atoms with Crippen molar-refractivity contribution in [2.75, 3.05) is 25.4 Å². The number of amides is 5. The zero-order valence-corrected chi connectivity index (χ0v) is 25.6. The number of urea groups is 1. The van der Waals surface area contributed by atoms with Crippen molar-refractivity contribution >= 4 is 41.3 Å². The Hall–Kier alpha value is -3.90. The fourth-order valence-electron chi connectivity index (χ4n) is 5.41. The summed E-state index contributed by atoms with van der Waals surface area (Å²) in [5, 5.41) is 14.7. The quantitative estimate of drug-likeness (QED) is 0.0891. The first-order valence-electron chi connectivity index (χ1n) is 15.3. The molecule has 4 atom stereocenters. The molecule has 2 aliphatic heterocycles. The van der Waals surface area contributed by atoms with Gasteiger partial charge in [-0.15, -0.1) is 0 Å². The van der Waals surface area contributed by atoms with Gasteiger partial charge in [0.15, 0.2) is 5.78 Å². The molecule has 12 heteroatoms. The van der Waals surface area contributed by atoms with Crippen LogP contribution in [0.3, 0.4) is 0 Å². The maximum atomic E-state index is 13.0. The monoisotopic (exact) mass is 622 g/mol. The maximum Gasteiger partial charge on any atom is 0.315 e. The van der Waals surface area contributed by atoms with Gasteiger partial charge in [0.2, 0.25) is 11.8 Å². The van der Waals surface area contributed by atoms with Gasteiger partial charge in [-0.3, -0.25) is 19.2 Å². The molecule has 2 aromatic rings. The number of ketones is 1. The largest absolute Gasteiger partial charge is 0.354 e. The van der Waals surface area contributed by atoms with Gasteiger partial charge in [0.1, 0.15) is 6.04 Å². The summed E-state index contributed by atoms with van der Waals surface area (Å²) in [7, 11) is 0. The summed E-state index contributed by atoms with van der Waals surface area (Å²) < 4.78 is 0. The number of carbonyl (C=O) groups excluding carboxylic acids is 5. The Morgan fingerprint density at radius 1 is 0.864 bits per heavy atom. The minimum atomic E-state index is -0.761. The molecular formula is C32H42N6O5S. The van der Waals surface area contributed by atoms with Gasteiger partial charge in [0, 0.05) is 47.2 Å². The molecule has 2 saturated heterocycles. The van der Waals surface area contributed by atoms with E-state index in [-0.39, 0.29) is 48.8 Å². The van der Waals surface area contributed by atoms with E-state index in [0.717, 1.165) is 31.4 Å². The average Bonchev–Trinajstić information content (AvgIpc) is 3.60. The number of thioether (sulfide) groups is 1. The number of hydrogen-bond acceptors (Lipinski definition) is 7. The van der Waals surface area contributed by atoms with Gasteiger partial charge in [0.05, 0.1) is 12.1 Å². The molecular weight excluding hydrogens is 580 g/mol. The molecule has 7 N–H and O–H groups in total. The second-order valence-corrected chi connectivity index (χ2v) is 12.4. The number of nitrogens with two attached hydrogens (primary N) is 1. The second-order valence-electron chi connectivity index (χ2n) is 11.1. The van der Waals surface area contributed by atoms with Crippen LogP contribution in [0.5, 0.6) is 0 Å². The zero-order chi connectivity index (χ0) is 31.3. The van der Waals surface area contributed by atoms with E-state index in [1.807, 2.05) is 17.8 Å². The number of unbranched alkanes of at least 4 members (excludes halogenated alkanes) is 2. The number of carbonyl (C=O) groups is 5. The smallest absolute Gasteiger partial charge is 0.315 e. The maximum absolute atomic E-state index is 13.0. The summed E-state index contributed by atoms with van der Waals surface area (Å²) in [4.78, 5) is 62.4. The predicted octanol–water partition coefficient (Wildman–Crippen LogP) is 2.10. The van der Waals surface area contributed by atoms with E-state index in [9.17, 15) is 24.0 Å². The highest BCUT2D eigenvalue weighted by atomic mass is 32.2. The lowest BCUT2D eigenvalue weighted by atomic mass is 10.0. The summed E-state index contributed by atoms with van der Waals surface area (Å²) in [6, 6.07) is 14.8. The molecule has 2 aliphatic rings. The van der Waals surface area contributed by atoms with E-state index in [0.29, 0.717) is 47.7 Å². The lowest BCUT2D eigenvalue weighted by Crippen LogP contribution is -2.48. The number of hydrogen-bond donors (Lipinski definition) is 6. The highest BCUT2D eigenvalue weighted by Gasteiger charge is 2.42. The van der Waals surface area contributed by atoms with Gasteiger partial charge in [0.25, 0.3) is 5.91 Å². The topological polar surface area (TPSA) is 172 Å². The molecule has 0 spiro atoms. The summed E-state index contributed by atoms with van der Waals surface area (Å²) in [6.07, 6.45) is 4.81. The standard InChI is InChI=1S/C32H42N6O5S/c33-17-7-6-10-24(36-30(41)23-15-13-22(14-16-23)29(40)21-8-2-1-3-9-21)31(42)35-19-18-34-27(39)12-5-4-11-26-28-25(20-44-26)37-32(43)38-28/h1-3,8-9,13-16,24-26,28H,4-7,10-12,17-20,33H2,(H,34,39)(H,35,42)(H,36,41)(H2,37,38,43). The molecule has 2 heterocycles. The van der Waals surface area contributed by atoms with Crippen LogP contribution in [0.2, 0.25) is 0 Å². The molecule has 0 saturated carbocycles. The molecule has 2 fully saturated rings. The SMILES string of the molecule is NCCCCC(NC(=O)c1ccc(C(=O)c2ccccc2)cc1)C(=O)NCCNC(=O)CCCCC1SCC2NC(=O)NC21. The van der Waals surface area contributed by atoms with Crippen LogP contribution in [0.15, 0.2) is 54.6 Å². The van der Waals surface area contributed by atoms with Crippen molar-refractivity contribution in [3.63, 3.8) is 0 Å². The van der Waals surface area contributed by atoms with E-state index in [1.165, 1.54) is 0 Å². The third-order valence-electron chi connectivity index (χ3n) is 7.84. The summed E-state index contributed by atoms with van der Waals surface area (Å²) >= 11 is 1.86. The first-order chi connectivity index (χ1) is 21.4.